The number of hydrogen-bond acceptors (Lipinski definition) is 2. The predicted octanol–water partition coefficient (Wildman–Crippen LogP) is 4.47. The fraction of sp³-hybridized carbons (Fsp3) is 0.105. The molecule has 104 valence electrons. The summed E-state index contributed by atoms with van der Waals surface area (Å²) in [5.74, 6) is 0. The van der Waals surface area contributed by atoms with E-state index in [1.165, 1.54) is 22.0 Å². The fourth-order valence-corrected chi connectivity index (χ4v) is 2.33. The third kappa shape index (κ3) is 2.95. The monoisotopic (exact) mass is 274 g/mol. The molecule has 0 atom stereocenters. The van der Waals surface area contributed by atoms with Crippen molar-refractivity contribution in [1.29, 1.82) is 0 Å². The minimum absolute atomic E-state index is 1.00. The van der Waals surface area contributed by atoms with Gasteiger partial charge in [0.2, 0.25) is 0 Å². The Labute approximate surface area is 125 Å². The highest BCUT2D eigenvalue weighted by molar-refractivity contribution is 5.91. The molecule has 0 aliphatic heterocycles. The van der Waals surface area contributed by atoms with Crippen molar-refractivity contribution in [2.75, 3.05) is 19.0 Å². The summed E-state index contributed by atoms with van der Waals surface area (Å²) in [4.78, 5) is 6.57. The first-order valence-electron chi connectivity index (χ1n) is 7.03. The number of benzene rings is 2. The summed E-state index contributed by atoms with van der Waals surface area (Å²) in [5.41, 5.74) is 3.38. The molecule has 0 fully saturated rings. The van der Waals surface area contributed by atoms with E-state index in [1.807, 2.05) is 32.4 Å². The van der Waals surface area contributed by atoms with Crippen LogP contribution in [-0.2, 0) is 0 Å². The lowest BCUT2D eigenvalue weighted by molar-refractivity contribution is 1.13. The number of aromatic nitrogens is 1. The molecule has 0 aliphatic carbocycles. The van der Waals surface area contributed by atoms with Crippen LogP contribution in [0, 0.1) is 0 Å². The molecule has 2 aromatic carbocycles. The molecule has 0 aliphatic rings. The molecule has 3 rings (SSSR count). The molecule has 0 bridgehead atoms. The van der Waals surface area contributed by atoms with Crippen LogP contribution in [0.4, 0.5) is 5.69 Å². The van der Waals surface area contributed by atoms with E-state index in [4.69, 9.17) is 0 Å². The largest absolute Gasteiger partial charge is 0.378 e. The lowest BCUT2D eigenvalue weighted by atomic mass is 10.1. The van der Waals surface area contributed by atoms with Gasteiger partial charge in [0.25, 0.3) is 0 Å². The molecule has 0 amide bonds. The Morgan fingerprint density at radius 3 is 2.38 bits per heavy atom. The van der Waals surface area contributed by atoms with Crippen LogP contribution in [-0.4, -0.2) is 19.1 Å². The Balaban J connectivity index is 1.91. The van der Waals surface area contributed by atoms with Crippen molar-refractivity contribution in [3.8, 4) is 0 Å². The smallest absolute Gasteiger partial charge is 0.0708 e. The fourth-order valence-electron chi connectivity index (χ4n) is 2.33. The summed E-state index contributed by atoms with van der Waals surface area (Å²) in [6.45, 7) is 0. The second-order valence-corrected chi connectivity index (χ2v) is 5.24. The zero-order valence-corrected chi connectivity index (χ0v) is 12.3. The first-order chi connectivity index (χ1) is 10.2. The maximum absolute atomic E-state index is 4.47. The lowest BCUT2D eigenvalue weighted by Gasteiger charge is -2.11. The first kappa shape index (κ1) is 13.4. The van der Waals surface area contributed by atoms with Crippen molar-refractivity contribution >= 4 is 28.6 Å². The molecule has 0 saturated heterocycles. The first-order valence-corrected chi connectivity index (χ1v) is 7.03. The van der Waals surface area contributed by atoms with E-state index < -0.39 is 0 Å². The summed E-state index contributed by atoms with van der Waals surface area (Å²) in [5, 5.41) is 2.40. The average molecular weight is 274 g/mol. The van der Waals surface area contributed by atoms with Crippen LogP contribution in [0.25, 0.3) is 22.9 Å². The van der Waals surface area contributed by atoms with Gasteiger partial charge in [-0.25, -0.2) is 0 Å². The number of rotatable bonds is 3. The molecule has 0 saturated carbocycles. The highest BCUT2D eigenvalue weighted by Crippen LogP contribution is 2.19. The van der Waals surface area contributed by atoms with Gasteiger partial charge >= 0.3 is 0 Å². The molecule has 1 heterocycles. The van der Waals surface area contributed by atoms with Crippen molar-refractivity contribution < 1.29 is 0 Å². The number of fused-ring (bicyclic) bond motifs is 1. The van der Waals surface area contributed by atoms with Crippen molar-refractivity contribution in [3.63, 3.8) is 0 Å². The van der Waals surface area contributed by atoms with Crippen molar-refractivity contribution in [2.45, 2.75) is 0 Å². The standard InChI is InChI=1S/C19H18N2/c1-21(2)17-10-7-15(8-11-17)9-12-19-18-6-4-3-5-16(18)13-14-20-19/h3-14H,1-2H3/b12-9-. The van der Waals surface area contributed by atoms with Crippen LogP contribution in [0.15, 0.2) is 60.8 Å². The quantitative estimate of drug-likeness (QED) is 0.700. The van der Waals surface area contributed by atoms with Crippen LogP contribution >= 0.6 is 0 Å². The van der Waals surface area contributed by atoms with E-state index in [1.54, 1.807) is 0 Å². The van der Waals surface area contributed by atoms with Crippen molar-refractivity contribution in [3.05, 3.63) is 72.1 Å². The van der Waals surface area contributed by atoms with E-state index >= 15 is 0 Å². The van der Waals surface area contributed by atoms with Gasteiger partial charge in [0.1, 0.15) is 0 Å². The van der Waals surface area contributed by atoms with Gasteiger partial charge in [-0.15, -0.1) is 0 Å². The zero-order chi connectivity index (χ0) is 14.7. The Morgan fingerprint density at radius 1 is 0.857 bits per heavy atom. The van der Waals surface area contributed by atoms with E-state index in [0.29, 0.717) is 0 Å². The second-order valence-electron chi connectivity index (χ2n) is 5.24. The minimum Gasteiger partial charge on any atom is -0.378 e. The summed E-state index contributed by atoms with van der Waals surface area (Å²) < 4.78 is 0. The minimum atomic E-state index is 1.00. The number of hydrogen-bond donors (Lipinski definition) is 0. The summed E-state index contributed by atoms with van der Waals surface area (Å²) in [6.07, 6.45) is 6.04. The SMILES string of the molecule is CN(C)c1ccc(/C=C\c2nccc3ccccc23)cc1. The van der Waals surface area contributed by atoms with E-state index in [-0.39, 0.29) is 0 Å². The summed E-state index contributed by atoms with van der Waals surface area (Å²) in [7, 11) is 4.09. The number of anilines is 1. The Hall–Kier alpha value is -2.61. The van der Waals surface area contributed by atoms with Crippen LogP contribution in [0.1, 0.15) is 11.3 Å². The molecular weight excluding hydrogens is 256 g/mol. The molecule has 2 heteroatoms. The van der Waals surface area contributed by atoms with Crippen LogP contribution in [0.5, 0.6) is 0 Å². The second kappa shape index (κ2) is 5.80. The Bertz CT molecular complexity index is 766. The molecule has 0 spiro atoms. The molecular formula is C19H18N2. The van der Waals surface area contributed by atoms with E-state index in [9.17, 15) is 0 Å². The van der Waals surface area contributed by atoms with Gasteiger partial charge < -0.3 is 4.90 Å². The van der Waals surface area contributed by atoms with Crippen molar-refractivity contribution in [2.24, 2.45) is 0 Å². The maximum Gasteiger partial charge on any atom is 0.0708 e. The highest BCUT2D eigenvalue weighted by atomic mass is 15.1. The third-order valence-corrected chi connectivity index (χ3v) is 3.55. The Kier molecular flexibility index (Phi) is 3.69. The van der Waals surface area contributed by atoms with Gasteiger partial charge in [0.15, 0.2) is 0 Å². The van der Waals surface area contributed by atoms with Crippen LogP contribution in [0.2, 0.25) is 0 Å². The van der Waals surface area contributed by atoms with Gasteiger partial charge in [-0.1, -0.05) is 42.5 Å². The summed E-state index contributed by atoms with van der Waals surface area (Å²) in [6, 6.07) is 18.8. The Morgan fingerprint density at radius 2 is 1.62 bits per heavy atom. The van der Waals surface area contributed by atoms with Gasteiger partial charge in [-0.3, -0.25) is 4.98 Å². The maximum atomic E-state index is 4.47. The molecule has 1 aromatic heterocycles. The topological polar surface area (TPSA) is 16.1 Å². The molecule has 2 nitrogen and oxygen atoms in total. The number of pyridine rings is 1. The normalized spacial score (nSPS) is 11.1. The molecule has 0 N–H and O–H groups in total. The molecule has 0 radical (unpaired) electrons. The molecule has 21 heavy (non-hydrogen) atoms. The number of nitrogens with zero attached hydrogens (tertiary/aromatic N) is 2. The third-order valence-electron chi connectivity index (χ3n) is 3.55. The molecule has 0 unspecified atom stereocenters. The highest BCUT2D eigenvalue weighted by Gasteiger charge is 1.98. The van der Waals surface area contributed by atoms with Gasteiger partial charge in [-0.2, -0.15) is 0 Å². The summed E-state index contributed by atoms with van der Waals surface area (Å²) >= 11 is 0. The predicted molar refractivity (Wildman–Crippen MR) is 91.4 cm³/mol. The molecule has 3 aromatic rings. The van der Waals surface area contributed by atoms with Crippen molar-refractivity contribution in [1.82, 2.24) is 4.98 Å². The van der Waals surface area contributed by atoms with Gasteiger partial charge in [-0.05, 0) is 35.2 Å². The van der Waals surface area contributed by atoms with Gasteiger partial charge in [0, 0.05) is 31.4 Å². The van der Waals surface area contributed by atoms with E-state index in [2.05, 4.69) is 64.5 Å². The van der Waals surface area contributed by atoms with Crippen LogP contribution in [0.3, 0.4) is 0 Å². The van der Waals surface area contributed by atoms with Crippen LogP contribution < -0.4 is 4.90 Å². The average Bonchev–Trinajstić information content (AvgIpc) is 2.53. The van der Waals surface area contributed by atoms with Gasteiger partial charge in [0.05, 0.1) is 5.69 Å². The van der Waals surface area contributed by atoms with E-state index in [0.717, 1.165) is 5.69 Å². The zero-order valence-electron chi connectivity index (χ0n) is 12.3. The lowest BCUT2D eigenvalue weighted by Crippen LogP contribution is -2.07.